The number of sulfonamides is 1. The summed E-state index contributed by atoms with van der Waals surface area (Å²) in [6.45, 7) is 3.57. The highest BCUT2D eigenvalue weighted by Gasteiger charge is 2.21. The third kappa shape index (κ3) is 5.30. The van der Waals surface area contributed by atoms with Crippen molar-refractivity contribution in [3.8, 4) is 0 Å². The van der Waals surface area contributed by atoms with Crippen LogP contribution in [0.25, 0.3) is 0 Å². The summed E-state index contributed by atoms with van der Waals surface area (Å²) < 4.78 is 32.6. The van der Waals surface area contributed by atoms with Gasteiger partial charge in [0.1, 0.15) is 0 Å². The second kappa shape index (κ2) is 8.42. The summed E-state index contributed by atoms with van der Waals surface area (Å²) in [5.74, 6) is -0.255. The van der Waals surface area contributed by atoms with Crippen molar-refractivity contribution in [3.05, 3.63) is 29.8 Å². The van der Waals surface area contributed by atoms with Crippen molar-refractivity contribution in [2.75, 3.05) is 19.7 Å². The number of hydrogen-bond acceptors (Lipinski definition) is 4. The quantitative estimate of drug-likeness (QED) is 0.705. The lowest BCUT2D eigenvalue weighted by molar-refractivity contribution is 0.0953. The number of unbranched alkanes of at least 4 members (excludes halogenated alkanes) is 1. The molecule has 1 atom stereocenters. The number of ether oxygens (including phenoxy) is 1. The Kier molecular flexibility index (Phi) is 6.56. The van der Waals surface area contributed by atoms with E-state index in [1.165, 1.54) is 12.1 Å². The number of hydrogen-bond donors (Lipinski definition) is 2. The summed E-state index contributed by atoms with van der Waals surface area (Å²) in [4.78, 5) is 12.1. The minimum absolute atomic E-state index is 0.0645. The standard InChI is InChI=1S/C16H24N2O4S/c1-2-3-9-17-16(19)13-6-4-8-15(11-13)23(20,21)18-12-14-7-5-10-22-14/h4,6,8,11,14,18H,2-3,5,7,9-10,12H2,1H3,(H,17,19). The van der Waals surface area contributed by atoms with Crippen LogP contribution in [0, 0.1) is 0 Å². The number of nitrogens with one attached hydrogen (secondary N) is 2. The molecule has 1 aromatic rings. The molecule has 0 saturated carbocycles. The minimum atomic E-state index is -3.64. The zero-order valence-electron chi connectivity index (χ0n) is 13.4. The third-order valence-electron chi connectivity index (χ3n) is 3.75. The van der Waals surface area contributed by atoms with Crippen LogP contribution in [0.15, 0.2) is 29.2 Å². The van der Waals surface area contributed by atoms with E-state index in [1.807, 2.05) is 6.92 Å². The van der Waals surface area contributed by atoms with E-state index in [0.29, 0.717) is 18.7 Å². The van der Waals surface area contributed by atoms with Gasteiger partial charge in [-0.05, 0) is 37.5 Å². The molecular formula is C16H24N2O4S. The monoisotopic (exact) mass is 340 g/mol. The van der Waals surface area contributed by atoms with Gasteiger partial charge in [-0.3, -0.25) is 4.79 Å². The summed E-state index contributed by atoms with van der Waals surface area (Å²) in [6.07, 6.45) is 3.64. The lowest BCUT2D eigenvalue weighted by Gasteiger charge is -2.12. The van der Waals surface area contributed by atoms with E-state index in [4.69, 9.17) is 4.74 Å². The Morgan fingerprint density at radius 3 is 2.91 bits per heavy atom. The first kappa shape index (κ1) is 17.9. The van der Waals surface area contributed by atoms with Crippen molar-refractivity contribution >= 4 is 15.9 Å². The fraction of sp³-hybridized carbons (Fsp3) is 0.562. The molecule has 7 heteroatoms. The zero-order chi connectivity index (χ0) is 16.7. The molecule has 2 rings (SSSR count). The van der Waals surface area contributed by atoms with Crippen LogP contribution < -0.4 is 10.0 Å². The van der Waals surface area contributed by atoms with Crippen LogP contribution in [0.4, 0.5) is 0 Å². The first-order valence-electron chi connectivity index (χ1n) is 8.02. The van der Waals surface area contributed by atoms with Crippen molar-refractivity contribution in [1.82, 2.24) is 10.0 Å². The van der Waals surface area contributed by atoms with E-state index < -0.39 is 10.0 Å². The van der Waals surface area contributed by atoms with Crippen molar-refractivity contribution in [1.29, 1.82) is 0 Å². The molecule has 0 radical (unpaired) electrons. The topological polar surface area (TPSA) is 84.5 Å². The highest BCUT2D eigenvalue weighted by Crippen LogP contribution is 2.14. The van der Waals surface area contributed by atoms with E-state index in [1.54, 1.807) is 12.1 Å². The van der Waals surface area contributed by atoms with Crippen LogP contribution in [0.1, 0.15) is 43.0 Å². The summed E-state index contributed by atoms with van der Waals surface area (Å²) in [6, 6.07) is 6.08. The molecule has 1 aromatic carbocycles. The SMILES string of the molecule is CCCCNC(=O)c1cccc(S(=O)(=O)NCC2CCCO2)c1. The van der Waals surface area contributed by atoms with Crippen LogP contribution in [0.3, 0.4) is 0 Å². The summed E-state index contributed by atoms with van der Waals surface area (Å²) in [5.41, 5.74) is 0.348. The van der Waals surface area contributed by atoms with E-state index in [9.17, 15) is 13.2 Å². The van der Waals surface area contributed by atoms with Gasteiger partial charge in [-0.25, -0.2) is 13.1 Å². The molecule has 1 fully saturated rings. The molecular weight excluding hydrogens is 316 g/mol. The number of rotatable bonds is 8. The molecule has 2 N–H and O–H groups in total. The van der Waals surface area contributed by atoms with E-state index in [0.717, 1.165) is 25.7 Å². The summed E-state index contributed by atoms with van der Waals surface area (Å²) >= 11 is 0. The summed E-state index contributed by atoms with van der Waals surface area (Å²) in [7, 11) is -3.64. The fourth-order valence-electron chi connectivity index (χ4n) is 2.38. The molecule has 6 nitrogen and oxygen atoms in total. The molecule has 1 amide bonds. The molecule has 0 spiro atoms. The van der Waals surface area contributed by atoms with E-state index in [-0.39, 0.29) is 23.5 Å². The maximum Gasteiger partial charge on any atom is 0.251 e. The van der Waals surface area contributed by atoms with Gasteiger partial charge in [0.05, 0.1) is 11.0 Å². The van der Waals surface area contributed by atoms with Gasteiger partial charge in [0.2, 0.25) is 10.0 Å². The normalized spacial score (nSPS) is 18.0. The zero-order valence-corrected chi connectivity index (χ0v) is 14.2. The molecule has 23 heavy (non-hydrogen) atoms. The molecule has 1 unspecified atom stereocenters. The molecule has 0 aliphatic carbocycles. The smallest absolute Gasteiger partial charge is 0.251 e. The summed E-state index contributed by atoms with van der Waals surface area (Å²) in [5, 5.41) is 2.78. The molecule has 1 heterocycles. The van der Waals surface area contributed by atoms with Crippen LogP contribution in [-0.2, 0) is 14.8 Å². The van der Waals surface area contributed by atoms with Crippen LogP contribution >= 0.6 is 0 Å². The number of carbonyl (C=O) groups is 1. The van der Waals surface area contributed by atoms with Crippen LogP contribution in [0.5, 0.6) is 0 Å². The maximum atomic E-state index is 12.3. The van der Waals surface area contributed by atoms with Gasteiger partial charge < -0.3 is 10.1 Å². The minimum Gasteiger partial charge on any atom is -0.377 e. The van der Waals surface area contributed by atoms with Gasteiger partial charge in [-0.2, -0.15) is 0 Å². The predicted molar refractivity (Wildman–Crippen MR) is 87.8 cm³/mol. The van der Waals surface area contributed by atoms with Crippen molar-refractivity contribution < 1.29 is 17.9 Å². The van der Waals surface area contributed by atoms with Gasteiger partial charge in [-0.15, -0.1) is 0 Å². The second-order valence-electron chi connectivity index (χ2n) is 5.62. The molecule has 128 valence electrons. The maximum absolute atomic E-state index is 12.3. The average molecular weight is 340 g/mol. The number of carbonyl (C=O) groups excluding carboxylic acids is 1. The first-order valence-corrected chi connectivity index (χ1v) is 9.51. The largest absolute Gasteiger partial charge is 0.377 e. The molecule has 0 aromatic heterocycles. The second-order valence-corrected chi connectivity index (χ2v) is 7.39. The Balaban J connectivity index is 2.00. The Bertz CT molecular complexity index is 625. The molecule has 0 bridgehead atoms. The van der Waals surface area contributed by atoms with Gasteiger partial charge in [-0.1, -0.05) is 19.4 Å². The molecule has 1 aliphatic rings. The number of benzene rings is 1. The molecule has 1 saturated heterocycles. The van der Waals surface area contributed by atoms with Gasteiger partial charge in [0.15, 0.2) is 0 Å². The van der Waals surface area contributed by atoms with Crippen molar-refractivity contribution in [3.63, 3.8) is 0 Å². The Morgan fingerprint density at radius 1 is 1.39 bits per heavy atom. The lowest BCUT2D eigenvalue weighted by Crippen LogP contribution is -2.32. The number of amides is 1. The Morgan fingerprint density at radius 2 is 2.22 bits per heavy atom. The average Bonchev–Trinajstić information content (AvgIpc) is 3.07. The highest BCUT2D eigenvalue weighted by atomic mass is 32.2. The lowest BCUT2D eigenvalue weighted by atomic mass is 10.2. The van der Waals surface area contributed by atoms with E-state index in [2.05, 4.69) is 10.0 Å². The fourth-order valence-corrected chi connectivity index (χ4v) is 3.49. The first-order chi connectivity index (χ1) is 11.0. The Hall–Kier alpha value is -1.44. The predicted octanol–water partition coefficient (Wildman–Crippen LogP) is 1.67. The van der Waals surface area contributed by atoms with Crippen molar-refractivity contribution in [2.45, 2.75) is 43.6 Å². The van der Waals surface area contributed by atoms with Gasteiger partial charge in [0.25, 0.3) is 5.91 Å². The van der Waals surface area contributed by atoms with Crippen LogP contribution in [-0.4, -0.2) is 40.1 Å². The van der Waals surface area contributed by atoms with E-state index >= 15 is 0 Å². The molecule has 1 aliphatic heterocycles. The Labute approximate surface area is 137 Å². The van der Waals surface area contributed by atoms with Crippen LogP contribution in [0.2, 0.25) is 0 Å². The third-order valence-corrected chi connectivity index (χ3v) is 5.17. The van der Waals surface area contributed by atoms with Gasteiger partial charge in [0, 0.05) is 25.3 Å². The van der Waals surface area contributed by atoms with Crippen molar-refractivity contribution in [2.24, 2.45) is 0 Å². The van der Waals surface area contributed by atoms with Gasteiger partial charge >= 0.3 is 0 Å². The highest BCUT2D eigenvalue weighted by molar-refractivity contribution is 7.89.